The molecular weight excluding hydrogens is 358 g/mol. The van der Waals surface area contributed by atoms with Gasteiger partial charge in [0.25, 0.3) is 11.8 Å². The van der Waals surface area contributed by atoms with E-state index in [1.807, 2.05) is 13.8 Å². The molecule has 1 N–H and O–H groups in total. The lowest BCUT2D eigenvalue weighted by molar-refractivity contribution is -0.130. The summed E-state index contributed by atoms with van der Waals surface area (Å²) in [6, 6.07) is 12.0. The molecule has 0 radical (unpaired) electrons. The molecule has 0 atom stereocenters. The number of carbonyl (C=O) groups is 2. The lowest BCUT2D eigenvalue weighted by Crippen LogP contribution is -2.27. The highest BCUT2D eigenvalue weighted by Gasteiger charge is 2.12. The van der Waals surface area contributed by atoms with Crippen LogP contribution in [-0.4, -0.2) is 42.4 Å². The van der Waals surface area contributed by atoms with Gasteiger partial charge in [-0.3, -0.25) is 9.59 Å². The fraction of sp³-hybridized carbons (Fsp3) is 0.286. The zero-order chi connectivity index (χ0) is 20.3. The maximum atomic E-state index is 12.6. The number of rotatable bonds is 6. The zero-order valence-electron chi connectivity index (χ0n) is 16.4. The van der Waals surface area contributed by atoms with E-state index in [2.05, 4.69) is 10.3 Å². The van der Waals surface area contributed by atoms with E-state index in [1.54, 1.807) is 56.6 Å². The van der Waals surface area contributed by atoms with Crippen molar-refractivity contribution in [3.63, 3.8) is 0 Å². The fourth-order valence-corrected chi connectivity index (χ4v) is 2.47. The number of likely N-dealkylation sites (N-methyl/N-ethyl adjacent to an activating group) is 1. The number of carbonyl (C=O) groups excluding carboxylic acids is 2. The van der Waals surface area contributed by atoms with Gasteiger partial charge in [-0.05, 0) is 36.4 Å². The molecule has 3 aromatic rings. The highest BCUT2D eigenvalue weighted by Crippen LogP contribution is 2.24. The van der Waals surface area contributed by atoms with Crippen LogP contribution in [0.2, 0.25) is 0 Å². The number of nitrogens with zero attached hydrogens (tertiary/aromatic N) is 2. The van der Waals surface area contributed by atoms with Crippen LogP contribution in [-0.2, 0) is 4.79 Å². The second-order valence-electron chi connectivity index (χ2n) is 6.95. The van der Waals surface area contributed by atoms with Gasteiger partial charge in [0.15, 0.2) is 18.1 Å². The molecule has 3 rings (SSSR count). The van der Waals surface area contributed by atoms with Gasteiger partial charge in [0.1, 0.15) is 11.3 Å². The van der Waals surface area contributed by atoms with E-state index in [-0.39, 0.29) is 24.3 Å². The Bertz CT molecular complexity index is 1010. The van der Waals surface area contributed by atoms with Gasteiger partial charge in [-0.2, -0.15) is 0 Å². The van der Waals surface area contributed by atoms with Crippen LogP contribution in [0.1, 0.15) is 36.0 Å². The summed E-state index contributed by atoms with van der Waals surface area (Å²) in [5, 5.41) is 2.85. The number of hydrogen-bond acceptors (Lipinski definition) is 5. The van der Waals surface area contributed by atoms with Crippen LogP contribution in [0.3, 0.4) is 0 Å². The molecule has 1 aromatic heterocycles. The predicted molar refractivity (Wildman–Crippen MR) is 107 cm³/mol. The number of benzene rings is 2. The first-order chi connectivity index (χ1) is 13.3. The number of hydrogen-bond donors (Lipinski definition) is 1. The number of anilines is 1. The van der Waals surface area contributed by atoms with Crippen LogP contribution in [0.15, 0.2) is 46.9 Å². The van der Waals surface area contributed by atoms with Gasteiger partial charge in [-0.1, -0.05) is 19.9 Å². The molecule has 0 aliphatic rings. The Morgan fingerprint density at radius 3 is 2.68 bits per heavy atom. The number of amides is 2. The van der Waals surface area contributed by atoms with Gasteiger partial charge >= 0.3 is 0 Å². The summed E-state index contributed by atoms with van der Waals surface area (Å²) in [6.45, 7) is 3.93. The molecule has 0 bridgehead atoms. The van der Waals surface area contributed by atoms with Crippen LogP contribution in [0.25, 0.3) is 11.1 Å². The molecule has 1 heterocycles. The summed E-state index contributed by atoms with van der Waals surface area (Å²) in [5.74, 6) is 0.868. The summed E-state index contributed by atoms with van der Waals surface area (Å²) < 4.78 is 11.1. The van der Waals surface area contributed by atoms with E-state index in [1.165, 1.54) is 4.90 Å². The maximum Gasteiger partial charge on any atom is 0.259 e. The first kappa shape index (κ1) is 19.4. The third kappa shape index (κ3) is 4.49. The van der Waals surface area contributed by atoms with Crippen LogP contribution >= 0.6 is 0 Å². The van der Waals surface area contributed by atoms with Crippen LogP contribution in [0.5, 0.6) is 5.75 Å². The lowest BCUT2D eigenvalue weighted by atomic mass is 10.2. The molecule has 0 fully saturated rings. The molecule has 0 unspecified atom stereocenters. The van der Waals surface area contributed by atoms with Crippen LogP contribution in [0.4, 0.5) is 5.69 Å². The third-order valence-electron chi connectivity index (χ3n) is 4.11. The highest BCUT2D eigenvalue weighted by atomic mass is 16.5. The minimum absolute atomic E-state index is 0.0842. The van der Waals surface area contributed by atoms with Gasteiger partial charge in [0, 0.05) is 31.3 Å². The maximum absolute atomic E-state index is 12.6. The van der Waals surface area contributed by atoms with E-state index >= 15 is 0 Å². The van der Waals surface area contributed by atoms with E-state index in [9.17, 15) is 9.59 Å². The second kappa shape index (κ2) is 8.12. The zero-order valence-corrected chi connectivity index (χ0v) is 16.4. The van der Waals surface area contributed by atoms with Gasteiger partial charge in [-0.15, -0.1) is 0 Å². The molecule has 0 aliphatic heterocycles. The van der Waals surface area contributed by atoms with Crippen molar-refractivity contribution in [2.24, 2.45) is 0 Å². The summed E-state index contributed by atoms with van der Waals surface area (Å²) >= 11 is 0. The highest BCUT2D eigenvalue weighted by molar-refractivity contribution is 6.05. The van der Waals surface area contributed by atoms with Crippen molar-refractivity contribution >= 4 is 28.6 Å². The first-order valence-electron chi connectivity index (χ1n) is 8.98. The Labute approximate surface area is 163 Å². The summed E-state index contributed by atoms with van der Waals surface area (Å²) in [7, 11) is 3.32. The Hall–Kier alpha value is -3.35. The molecule has 2 aromatic carbocycles. The quantitative estimate of drug-likeness (QED) is 0.704. The van der Waals surface area contributed by atoms with Crippen LogP contribution < -0.4 is 10.1 Å². The Morgan fingerprint density at radius 1 is 1.18 bits per heavy atom. The molecular formula is C21H23N3O4. The average Bonchev–Trinajstić information content (AvgIpc) is 3.10. The molecule has 7 heteroatoms. The third-order valence-corrected chi connectivity index (χ3v) is 4.11. The van der Waals surface area contributed by atoms with E-state index in [0.717, 1.165) is 0 Å². The van der Waals surface area contributed by atoms with Gasteiger partial charge in [-0.25, -0.2) is 4.98 Å². The van der Waals surface area contributed by atoms with Crippen molar-refractivity contribution in [3.05, 3.63) is 53.9 Å². The minimum atomic E-state index is -0.281. The number of nitrogens with one attached hydrogen (secondary N) is 1. The number of ether oxygens (including phenoxy) is 1. The van der Waals surface area contributed by atoms with Crippen molar-refractivity contribution in [3.8, 4) is 5.75 Å². The minimum Gasteiger partial charge on any atom is -0.484 e. The van der Waals surface area contributed by atoms with Crippen molar-refractivity contribution in [1.82, 2.24) is 9.88 Å². The van der Waals surface area contributed by atoms with Gasteiger partial charge < -0.3 is 19.4 Å². The Balaban J connectivity index is 1.71. The normalized spacial score (nSPS) is 10.9. The van der Waals surface area contributed by atoms with Crippen LogP contribution in [0, 0.1) is 0 Å². The molecule has 0 saturated carbocycles. The smallest absolute Gasteiger partial charge is 0.259 e. The topological polar surface area (TPSA) is 84.7 Å². The number of fused-ring (bicyclic) bond motifs is 1. The van der Waals surface area contributed by atoms with E-state index < -0.39 is 0 Å². The predicted octanol–water partition coefficient (Wildman–Crippen LogP) is 3.67. The lowest BCUT2D eigenvalue weighted by Gasteiger charge is -2.12. The van der Waals surface area contributed by atoms with Gasteiger partial charge in [0.05, 0.1) is 0 Å². The molecule has 0 saturated heterocycles. The second-order valence-corrected chi connectivity index (χ2v) is 6.95. The SMILES string of the molecule is CC(C)c1nc2cc(NC(=O)c3cccc(OCC(=O)N(C)C)c3)ccc2o1. The van der Waals surface area contributed by atoms with Crippen molar-refractivity contribution in [2.75, 3.05) is 26.0 Å². The molecule has 0 spiro atoms. The van der Waals surface area contributed by atoms with Crippen molar-refractivity contribution in [2.45, 2.75) is 19.8 Å². The van der Waals surface area contributed by atoms with Gasteiger partial charge in [0.2, 0.25) is 0 Å². The molecule has 0 aliphatic carbocycles. The average molecular weight is 381 g/mol. The Morgan fingerprint density at radius 2 is 1.96 bits per heavy atom. The standard InChI is InChI=1S/C21H23N3O4/c1-13(2)21-23-17-11-15(8-9-18(17)28-21)22-20(26)14-6-5-7-16(10-14)27-12-19(25)24(3)4/h5-11,13H,12H2,1-4H3,(H,22,26). The van der Waals surface area contributed by atoms with Crippen molar-refractivity contribution < 1.29 is 18.7 Å². The molecule has 146 valence electrons. The number of aromatic nitrogens is 1. The Kier molecular flexibility index (Phi) is 5.63. The molecule has 2 amide bonds. The molecule has 28 heavy (non-hydrogen) atoms. The van der Waals surface area contributed by atoms with E-state index in [4.69, 9.17) is 9.15 Å². The largest absolute Gasteiger partial charge is 0.484 e. The summed E-state index contributed by atoms with van der Waals surface area (Å²) in [5.41, 5.74) is 2.43. The van der Waals surface area contributed by atoms with Crippen molar-refractivity contribution in [1.29, 1.82) is 0 Å². The fourth-order valence-electron chi connectivity index (χ4n) is 2.47. The first-order valence-corrected chi connectivity index (χ1v) is 8.98. The molecule has 7 nitrogen and oxygen atoms in total. The summed E-state index contributed by atoms with van der Waals surface area (Å²) in [4.78, 5) is 30.1. The summed E-state index contributed by atoms with van der Waals surface area (Å²) in [6.07, 6.45) is 0. The van der Waals surface area contributed by atoms with E-state index in [0.29, 0.717) is 34.0 Å². The number of oxazole rings is 1. The monoisotopic (exact) mass is 381 g/mol.